The Morgan fingerprint density at radius 1 is 1.33 bits per heavy atom. The summed E-state index contributed by atoms with van der Waals surface area (Å²) in [5.74, 6) is 2.08. The SMILES string of the molecule is CNCc1c(C)nn(C)c1N1CC(C)CCC1C. The second-order valence-corrected chi connectivity index (χ2v) is 5.73. The van der Waals surface area contributed by atoms with E-state index >= 15 is 0 Å². The molecule has 1 fully saturated rings. The van der Waals surface area contributed by atoms with Crippen LogP contribution in [0.1, 0.15) is 37.9 Å². The van der Waals surface area contributed by atoms with Crippen LogP contribution in [0.3, 0.4) is 0 Å². The summed E-state index contributed by atoms with van der Waals surface area (Å²) in [6.45, 7) is 8.83. The van der Waals surface area contributed by atoms with E-state index in [-0.39, 0.29) is 0 Å². The fourth-order valence-electron chi connectivity index (χ4n) is 3.02. The minimum Gasteiger partial charge on any atom is -0.354 e. The second kappa shape index (κ2) is 5.31. The molecule has 0 aromatic carbocycles. The molecule has 0 bridgehead atoms. The van der Waals surface area contributed by atoms with Crippen molar-refractivity contribution in [1.82, 2.24) is 15.1 Å². The molecule has 0 radical (unpaired) electrons. The molecule has 102 valence electrons. The molecule has 1 aliphatic rings. The Morgan fingerprint density at radius 2 is 2.06 bits per heavy atom. The molecule has 1 aromatic rings. The number of rotatable bonds is 3. The predicted molar refractivity (Wildman–Crippen MR) is 75.9 cm³/mol. The Balaban J connectivity index is 2.36. The van der Waals surface area contributed by atoms with Gasteiger partial charge in [0.15, 0.2) is 0 Å². The lowest BCUT2D eigenvalue weighted by molar-refractivity contribution is 0.383. The molecular weight excluding hydrogens is 224 g/mol. The maximum atomic E-state index is 4.60. The standard InChI is InChI=1S/C14H26N4/c1-10-6-7-11(2)18(9-10)14-13(8-15-4)12(3)16-17(14)5/h10-11,15H,6-9H2,1-5H3. The Hall–Kier alpha value is -1.03. The summed E-state index contributed by atoms with van der Waals surface area (Å²) in [7, 11) is 4.06. The smallest absolute Gasteiger partial charge is 0.131 e. The molecule has 2 heterocycles. The number of piperidine rings is 1. The zero-order chi connectivity index (χ0) is 13.3. The van der Waals surface area contributed by atoms with Gasteiger partial charge >= 0.3 is 0 Å². The monoisotopic (exact) mass is 250 g/mol. The van der Waals surface area contributed by atoms with Gasteiger partial charge in [-0.15, -0.1) is 0 Å². The number of hydrogen-bond donors (Lipinski definition) is 1. The van der Waals surface area contributed by atoms with E-state index in [9.17, 15) is 0 Å². The third-order valence-corrected chi connectivity index (χ3v) is 4.06. The van der Waals surface area contributed by atoms with Gasteiger partial charge in [-0.05, 0) is 39.7 Å². The summed E-state index contributed by atoms with van der Waals surface area (Å²) < 4.78 is 2.05. The second-order valence-electron chi connectivity index (χ2n) is 5.73. The van der Waals surface area contributed by atoms with E-state index < -0.39 is 0 Å². The van der Waals surface area contributed by atoms with Crippen molar-refractivity contribution in [2.75, 3.05) is 18.5 Å². The molecular formula is C14H26N4. The zero-order valence-electron chi connectivity index (χ0n) is 12.3. The third kappa shape index (κ3) is 2.39. The van der Waals surface area contributed by atoms with Gasteiger partial charge in [0, 0.05) is 31.7 Å². The van der Waals surface area contributed by atoms with Crippen molar-refractivity contribution in [2.24, 2.45) is 13.0 Å². The highest BCUT2D eigenvalue weighted by Crippen LogP contribution is 2.31. The topological polar surface area (TPSA) is 33.1 Å². The lowest BCUT2D eigenvalue weighted by Crippen LogP contribution is -2.42. The van der Waals surface area contributed by atoms with Crippen LogP contribution in [0.2, 0.25) is 0 Å². The quantitative estimate of drug-likeness (QED) is 0.891. The molecule has 0 saturated carbocycles. The Labute approximate surface area is 110 Å². The molecule has 1 N–H and O–H groups in total. The van der Waals surface area contributed by atoms with Crippen LogP contribution in [0.15, 0.2) is 0 Å². The molecule has 18 heavy (non-hydrogen) atoms. The van der Waals surface area contributed by atoms with E-state index in [1.165, 1.54) is 24.2 Å². The van der Waals surface area contributed by atoms with Gasteiger partial charge in [-0.25, -0.2) is 0 Å². The maximum Gasteiger partial charge on any atom is 0.131 e. The van der Waals surface area contributed by atoms with Gasteiger partial charge in [-0.1, -0.05) is 6.92 Å². The number of aryl methyl sites for hydroxylation is 2. The van der Waals surface area contributed by atoms with Crippen molar-refractivity contribution >= 4 is 5.82 Å². The fraction of sp³-hybridized carbons (Fsp3) is 0.786. The zero-order valence-corrected chi connectivity index (χ0v) is 12.3. The van der Waals surface area contributed by atoms with Crippen LogP contribution in [-0.4, -0.2) is 29.4 Å². The molecule has 0 amide bonds. The van der Waals surface area contributed by atoms with Crippen LogP contribution in [0.5, 0.6) is 0 Å². The van der Waals surface area contributed by atoms with Gasteiger partial charge in [0.2, 0.25) is 0 Å². The van der Waals surface area contributed by atoms with Gasteiger partial charge in [0.1, 0.15) is 5.82 Å². The van der Waals surface area contributed by atoms with E-state index in [0.29, 0.717) is 6.04 Å². The van der Waals surface area contributed by atoms with E-state index in [2.05, 4.69) is 47.8 Å². The van der Waals surface area contributed by atoms with Crippen molar-refractivity contribution < 1.29 is 0 Å². The summed E-state index contributed by atoms with van der Waals surface area (Å²) >= 11 is 0. The summed E-state index contributed by atoms with van der Waals surface area (Å²) in [6, 6.07) is 0.617. The summed E-state index contributed by atoms with van der Waals surface area (Å²) in [5, 5.41) is 7.86. The average Bonchev–Trinajstić information content (AvgIpc) is 2.58. The predicted octanol–water partition coefficient (Wildman–Crippen LogP) is 2.07. The number of aromatic nitrogens is 2. The van der Waals surface area contributed by atoms with Crippen LogP contribution >= 0.6 is 0 Å². The first-order valence-corrected chi connectivity index (χ1v) is 6.98. The highest BCUT2D eigenvalue weighted by molar-refractivity contribution is 5.51. The molecule has 0 spiro atoms. The molecule has 2 rings (SSSR count). The van der Waals surface area contributed by atoms with Crippen molar-refractivity contribution in [1.29, 1.82) is 0 Å². The molecule has 2 atom stereocenters. The number of nitrogens with zero attached hydrogens (tertiary/aromatic N) is 3. The van der Waals surface area contributed by atoms with E-state index in [0.717, 1.165) is 24.7 Å². The van der Waals surface area contributed by atoms with Crippen LogP contribution in [0.25, 0.3) is 0 Å². The number of nitrogens with one attached hydrogen (secondary N) is 1. The highest BCUT2D eigenvalue weighted by Gasteiger charge is 2.27. The largest absolute Gasteiger partial charge is 0.354 e. The van der Waals surface area contributed by atoms with Crippen molar-refractivity contribution in [3.8, 4) is 0 Å². The Bertz CT molecular complexity index is 410. The Morgan fingerprint density at radius 3 is 2.72 bits per heavy atom. The first-order valence-electron chi connectivity index (χ1n) is 6.98. The first-order chi connectivity index (χ1) is 8.54. The summed E-state index contributed by atoms with van der Waals surface area (Å²) in [4.78, 5) is 2.54. The summed E-state index contributed by atoms with van der Waals surface area (Å²) in [6.07, 6.45) is 2.63. The number of anilines is 1. The molecule has 1 aromatic heterocycles. The third-order valence-electron chi connectivity index (χ3n) is 4.06. The molecule has 4 nitrogen and oxygen atoms in total. The van der Waals surface area contributed by atoms with Gasteiger partial charge in [0.05, 0.1) is 5.69 Å². The van der Waals surface area contributed by atoms with Gasteiger partial charge in [0.25, 0.3) is 0 Å². The lowest BCUT2D eigenvalue weighted by Gasteiger charge is -2.38. The molecule has 0 aliphatic carbocycles. The molecule has 4 heteroatoms. The fourth-order valence-corrected chi connectivity index (χ4v) is 3.02. The van der Waals surface area contributed by atoms with Crippen LogP contribution in [0.4, 0.5) is 5.82 Å². The van der Waals surface area contributed by atoms with E-state index in [4.69, 9.17) is 0 Å². The maximum absolute atomic E-state index is 4.60. The number of hydrogen-bond acceptors (Lipinski definition) is 3. The minimum atomic E-state index is 0.617. The van der Waals surface area contributed by atoms with Gasteiger partial charge < -0.3 is 10.2 Å². The van der Waals surface area contributed by atoms with Crippen molar-refractivity contribution in [2.45, 2.75) is 46.2 Å². The minimum absolute atomic E-state index is 0.617. The van der Waals surface area contributed by atoms with Crippen LogP contribution in [-0.2, 0) is 13.6 Å². The lowest BCUT2D eigenvalue weighted by atomic mass is 9.94. The Kier molecular flexibility index (Phi) is 3.95. The molecule has 2 unspecified atom stereocenters. The van der Waals surface area contributed by atoms with Crippen LogP contribution < -0.4 is 10.2 Å². The van der Waals surface area contributed by atoms with Crippen molar-refractivity contribution in [3.05, 3.63) is 11.3 Å². The summed E-state index contributed by atoms with van der Waals surface area (Å²) in [5.41, 5.74) is 2.49. The van der Waals surface area contributed by atoms with Crippen molar-refractivity contribution in [3.63, 3.8) is 0 Å². The molecule has 1 aliphatic heterocycles. The van der Waals surface area contributed by atoms with Gasteiger partial charge in [-0.2, -0.15) is 5.10 Å². The van der Waals surface area contributed by atoms with E-state index in [1.54, 1.807) is 0 Å². The normalized spacial score (nSPS) is 24.6. The first kappa shape index (κ1) is 13.4. The van der Waals surface area contributed by atoms with E-state index in [1.807, 2.05) is 7.05 Å². The van der Waals surface area contributed by atoms with Gasteiger partial charge in [-0.3, -0.25) is 4.68 Å². The highest BCUT2D eigenvalue weighted by atomic mass is 15.4. The van der Waals surface area contributed by atoms with Crippen LogP contribution in [0, 0.1) is 12.8 Å². The molecule has 1 saturated heterocycles. The average molecular weight is 250 g/mol.